The molecule has 6 atom stereocenters. The fourth-order valence-corrected chi connectivity index (χ4v) is 5.18. The van der Waals surface area contributed by atoms with Crippen molar-refractivity contribution < 1.29 is 19.8 Å². The van der Waals surface area contributed by atoms with Gasteiger partial charge in [-0.05, 0) is 43.9 Å². The molecule has 0 spiro atoms. The minimum Gasteiger partial charge on any atom is -0.481 e. The number of amides is 1. The first-order valence-electron chi connectivity index (χ1n) is 7.97. The molecule has 3 fully saturated rings. The zero-order valence-corrected chi connectivity index (χ0v) is 11.9. The normalized spacial score (nSPS) is 47.1. The number of aliphatic hydroxyl groups is 1. The Balaban J connectivity index is 1.60. The topological polar surface area (TPSA) is 77.8 Å². The van der Waals surface area contributed by atoms with E-state index < -0.39 is 17.8 Å². The van der Waals surface area contributed by atoms with Crippen LogP contribution in [-0.2, 0) is 9.59 Å². The lowest BCUT2D eigenvalue weighted by molar-refractivity contribution is -0.154. The molecular weight excluding hydrogens is 270 g/mol. The summed E-state index contributed by atoms with van der Waals surface area (Å²) in [7, 11) is 0. The second-order valence-corrected chi connectivity index (χ2v) is 7.09. The van der Waals surface area contributed by atoms with E-state index in [0.717, 1.165) is 19.3 Å². The van der Waals surface area contributed by atoms with Crippen molar-refractivity contribution in [3.8, 4) is 0 Å². The van der Waals surface area contributed by atoms with Crippen molar-refractivity contribution in [3.63, 3.8) is 0 Å². The Morgan fingerprint density at radius 3 is 2.10 bits per heavy atom. The lowest BCUT2D eigenvalue weighted by Gasteiger charge is -2.40. The highest BCUT2D eigenvalue weighted by Gasteiger charge is 2.55. The van der Waals surface area contributed by atoms with Crippen LogP contribution in [0.25, 0.3) is 0 Å². The monoisotopic (exact) mass is 291 g/mol. The predicted octanol–water partition coefficient (Wildman–Crippen LogP) is 1.02. The van der Waals surface area contributed by atoms with E-state index in [1.807, 2.05) is 17.1 Å². The third-order valence-electron chi connectivity index (χ3n) is 5.99. The maximum atomic E-state index is 13.0. The van der Waals surface area contributed by atoms with Crippen LogP contribution in [0.1, 0.15) is 32.1 Å². The van der Waals surface area contributed by atoms with Crippen LogP contribution in [0.5, 0.6) is 0 Å². The van der Waals surface area contributed by atoms with Crippen LogP contribution in [0.3, 0.4) is 0 Å². The van der Waals surface area contributed by atoms with Gasteiger partial charge in [-0.2, -0.15) is 0 Å². The first-order chi connectivity index (χ1) is 10.1. The number of aliphatic carboxylic acids is 1. The largest absolute Gasteiger partial charge is 0.481 e. The summed E-state index contributed by atoms with van der Waals surface area (Å²) < 4.78 is 0. The number of carbonyl (C=O) groups excluding carboxylic acids is 1. The lowest BCUT2D eigenvalue weighted by Crippen LogP contribution is -2.52. The van der Waals surface area contributed by atoms with Gasteiger partial charge in [0.2, 0.25) is 5.91 Å². The average molecular weight is 291 g/mol. The van der Waals surface area contributed by atoms with E-state index in [-0.39, 0.29) is 35.9 Å². The molecule has 114 valence electrons. The van der Waals surface area contributed by atoms with Gasteiger partial charge in [0, 0.05) is 12.1 Å². The quantitative estimate of drug-likeness (QED) is 0.745. The molecule has 0 aromatic rings. The van der Waals surface area contributed by atoms with E-state index in [1.54, 1.807) is 0 Å². The molecular formula is C16H21NO4. The Hall–Kier alpha value is -1.36. The SMILES string of the molecule is O=C(O)[C@@H]1C2C=CC(C2)[C@@H]1C(=O)N1C2CCC1CC(O)C2. The van der Waals surface area contributed by atoms with E-state index in [4.69, 9.17) is 0 Å². The van der Waals surface area contributed by atoms with Crippen molar-refractivity contribution in [2.75, 3.05) is 0 Å². The van der Waals surface area contributed by atoms with Gasteiger partial charge in [0.25, 0.3) is 0 Å². The van der Waals surface area contributed by atoms with E-state index >= 15 is 0 Å². The van der Waals surface area contributed by atoms with Crippen molar-refractivity contribution in [3.05, 3.63) is 12.2 Å². The number of piperidine rings is 1. The number of nitrogens with zero attached hydrogens (tertiary/aromatic N) is 1. The van der Waals surface area contributed by atoms with Gasteiger partial charge in [-0.1, -0.05) is 12.2 Å². The summed E-state index contributed by atoms with van der Waals surface area (Å²) in [5.41, 5.74) is 0. The van der Waals surface area contributed by atoms with E-state index in [0.29, 0.717) is 12.8 Å². The van der Waals surface area contributed by atoms with Crippen molar-refractivity contribution in [2.45, 2.75) is 50.3 Å². The van der Waals surface area contributed by atoms with Crippen molar-refractivity contribution >= 4 is 11.9 Å². The highest BCUT2D eigenvalue weighted by atomic mass is 16.4. The number of fused-ring (bicyclic) bond motifs is 4. The Kier molecular flexibility index (Phi) is 2.89. The van der Waals surface area contributed by atoms with Crippen LogP contribution in [0.15, 0.2) is 12.2 Å². The predicted molar refractivity (Wildman–Crippen MR) is 74.2 cm³/mol. The molecule has 4 unspecified atom stereocenters. The zero-order valence-electron chi connectivity index (χ0n) is 11.9. The number of hydrogen-bond acceptors (Lipinski definition) is 3. The van der Waals surface area contributed by atoms with Crippen molar-refractivity contribution in [1.82, 2.24) is 4.90 Å². The molecule has 2 aliphatic carbocycles. The Morgan fingerprint density at radius 1 is 0.952 bits per heavy atom. The first-order valence-corrected chi connectivity index (χ1v) is 7.97. The molecule has 2 saturated heterocycles. The Bertz CT molecular complexity index is 502. The maximum absolute atomic E-state index is 13.0. The molecule has 1 amide bonds. The van der Waals surface area contributed by atoms with Crippen LogP contribution >= 0.6 is 0 Å². The number of carboxylic acids is 1. The van der Waals surface area contributed by atoms with Gasteiger partial charge in [-0.15, -0.1) is 0 Å². The Morgan fingerprint density at radius 2 is 1.52 bits per heavy atom. The average Bonchev–Trinajstić information content (AvgIpc) is 3.10. The van der Waals surface area contributed by atoms with Crippen molar-refractivity contribution in [1.29, 1.82) is 0 Å². The molecule has 1 saturated carbocycles. The molecule has 0 aromatic carbocycles. The number of carbonyl (C=O) groups is 2. The third kappa shape index (κ3) is 1.86. The van der Waals surface area contributed by atoms with Gasteiger partial charge < -0.3 is 15.1 Å². The summed E-state index contributed by atoms with van der Waals surface area (Å²) in [6.07, 6.45) is 7.70. The van der Waals surface area contributed by atoms with E-state index in [2.05, 4.69) is 0 Å². The zero-order chi connectivity index (χ0) is 14.7. The standard InChI is InChI=1S/C16H21NO4/c18-12-6-10-3-4-11(7-12)17(10)15(19)13-8-1-2-9(5-8)14(13)16(20)21/h1-2,8-14,18H,3-7H2,(H,20,21)/t8?,9?,10?,11?,12?,13-,14+/m0/s1. The van der Waals surface area contributed by atoms with Gasteiger partial charge in [0.1, 0.15) is 0 Å². The summed E-state index contributed by atoms with van der Waals surface area (Å²) in [5, 5.41) is 19.4. The van der Waals surface area contributed by atoms with Gasteiger partial charge in [0.15, 0.2) is 0 Å². The van der Waals surface area contributed by atoms with Crippen LogP contribution in [0.2, 0.25) is 0 Å². The molecule has 5 heteroatoms. The highest BCUT2D eigenvalue weighted by Crippen LogP contribution is 2.50. The van der Waals surface area contributed by atoms with Gasteiger partial charge in [-0.3, -0.25) is 9.59 Å². The van der Waals surface area contributed by atoms with Crippen LogP contribution in [0, 0.1) is 23.7 Å². The lowest BCUT2D eigenvalue weighted by atomic mass is 9.81. The second kappa shape index (κ2) is 4.57. The molecule has 2 aliphatic heterocycles. The number of aliphatic hydroxyl groups excluding tert-OH is 1. The molecule has 2 heterocycles. The number of carboxylic acid groups (broad SMARTS) is 1. The molecule has 0 radical (unpaired) electrons. The molecule has 4 rings (SSSR count). The smallest absolute Gasteiger partial charge is 0.307 e. The maximum Gasteiger partial charge on any atom is 0.307 e. The van der Waals surface area contributed by atoms with Crippen LogP contribution < -0.4 is 0 Å². The second-order valence-electron chi connectivity index (χ2n) is 7.09. The summed E-state index contributed by atoms with van der Waals surface area (Å²) in [6, 6.07) is 0.229. The minimum absolute atomic E-state index is 0.0227. The molecule has 21 heavy (non-hydrogen) atoms. The summed E-state index contributed by atoms with van der Waals surface area (Å²) >= 11 is 0. The van der Waals surface area contributed by atoms with Gasteiger partial charge >= 0.3 is 5.97 Å². The fourth-order valence-electron chi connectivity index (χ4n) is 5.18. The van der Waals surface area contributed by atoms with Gasteiger partial charge in [0.05, 0.1) is 17.9 Å². The Labute approximate surface area is 123 Å². The summed E-state index contributed by atoms with van der Waals surface area (Å²) in [6.45, 7) is 0. The molecule has 2 N–H and O–H groups in total. The van der Waals surface area contributed by atoms with E-state index in [1.165, 1.54) is 0 Å². The number of allylic oxidation sites excluding steroid dienone is 2. The molecule has 5 nitrogen and oxygen atoms in total. The fraction of sp³-hybridized carbons (Fsp3) is 0.750. The minimum atomic E-state index is -0.838. The van der Waals surface area contributed by atoms with Crippen LogP contribution in [-0.4, -0.2) is 45.2 Å². The van der Waals surface area contributed by atoms with E-state index in [9.17, 15) is 19.8 Å². The molecule has 4 aliphatic rings. The van der Waals surface area contributed by atoms with Gasteiger partial charge in [-0.25, -0.2) is 0 Å². The highest BCUT2D eigenvalue weighted by molar-refractivity contribution is 5.87. The van der Waals surface area contributed by atoms with Crippen molar-refractivity contribution in [2.24, 2.45) is 23.7 Å². The molecule has 0 aromatic heterocycles. The summed E-state index contributed by atoms with van der Waals surface area (Å²) in [5.74, 6) is -1.65. The number of hydrogen-bond donors (Lipinski definition) is 2. The van der Waals surface area contributed by atoms with Crippen LogP contribution in [0.4, 0.5) is 0 Å². The first kappa shape index (κ1) is 13.3. The molecule has 4 bridgehead atoms. The number of rotatable bonds is 2. The summed E-state index contributed by atoms with van der Waals surface area (Å²) in [4.78, 5) is 26.5. The third-order valence-corrected chi connectivity index (χ3v) is 5.99.